The second-order valence-electron chi connectivity index (χ2n) is 4.97. The highest BCUT2D eigenvalue weighted by Crippen LogP contribution is 2.23. The standard InChI is InChI=1S/C11H21NO2/c1-11(2)8-12-10(14-11)7-9-5-3-4-6-13-9/h9-10,12H,3-8H2,1-2H3. The maximum absolute atomic E-state index is 5.86. The van der Waals surface area contributed by atoms with Gasteiger partial charge in [-0.2, -0.15) is 0 Å². The summed E-state index contributed by atoms with van der Waals surface area (Å²) in [7, 11) is 0. The Morgan fingerprint density at radius 2 is 2.21 bits per heavy atom. The van der Waals surface area contributed by atoms with Crippen molar-refractivity contribution in [2.45, 2.75) is 57.5 Å². The van der Waals surface area contributed by atoms with E-state index in [2.05, 4.69) is 19.2 Å². The molecular formula is C11H21NO2. The van der Waals surface area contributed by atoms with E-state index >= 15 is 0 Å². The quantitative estimate of drug-likeness (QED) is 0.734. The van der Waals surface area contributed by atoms with Gasteiger partial charge in [-0.05, 0) is 33.1 Å². The lowest BCUT2D eigenvalue weighted by atomic mass is 10.1. The summed E-state index contributed by atoms with van der Waals surface area (Å²) in [6, 6.07) is 0. The zero-order valence-electron chi connectivity index (χ0n) is 9.21. The molecule has 2 rings (SSSR count). The minimum atomic E-state index is -0.000661. The first-order valence-electron chi connectivity index (χ1n) is 5.68. The number of rotatable bonds is 2. The average molecular weight is 199 g/mol. The first kappa shape index (κ1) is 10.4. The van der Waals surface area contributed by atoms with Gasteiger partial charge in [0.25, 0.3) is 0 Å². The van der Waals surface area contributed by atoms with Gasteiger partial charge in [-0.3, -0.25) is 5.32 Å². The predicted molar refractivity (Wildman–Crippen MR) is 55.2 cm³/mol. The molecule has 1 N–H and O–H groups in total. The lowest BCUT2D eigenvalue weighted by molar-refractivity contribution is -0.0606. The molecule has 2 heterocycles. The zero-order chi connectivity index (χ0) is 10.0. The van der Waals surface area contributed by atoms with Crippen molar-refractivity contribution in [1.29, 1.82) is 0 Å². The molecule has 0 aromatic heterocycles. The largest absolute Gasteiger partial charge is 0.378 e. The Balaban J connectivity index is 1.75. The van der Waals surface area contributed by atoms with E-state index < -0.39 is 0 Å². The molecule has 0 spiro atoms. The molecule has 0 amide bonds. The Hall–Kier alpha value is -0.120. The topological polar surface area (TPSA) is 30.5 Å². The van der Waals surface area contributed by atoms with E-state index in [-0.39, 0.29) is 11.8 Å². The van der Waals surface area contributed by atoms with Crippen molar-refractivity contribution < 1.29 is 9.47 Å². The molecule has 3 nitrogen and oxygen atoms in total. The third-order valence-electron chi connectivity index (χ3n) is 2.97. The van der Waals surface area contributed by atoms with Gasteiger partial charge in [0.1, 0.15) is 6.23 Å². The summed E-state index contributed by atoms with van der Waals surface area (Å²) in [5.41, 5.74) is -0.000661. The molecule has 2 atom stereocenters. The molecule has 0 bridgehead atoms. The summed E-state index contributed by atoms with van der Waals surface area (Å²) in [4.78, 5) is 0. The van der Waals surface area contributed by atoms with Gasteiger partial charge in [0.05, 0.1) is 11.7 Å². The van der Waals surface area contributed by atoms with Gasteiger partial charge >= 0.3 is 0 Å². The number of hydrogen-bond acceptors (Lipinski definition) is 3. The Morgan fingerprint density at radius 1 is 1.36 bits per heavy atom. The Bertz CT molecular complexity index is 188. The van der Waals surface area contributed by atoms with Crippen LogP contribution in [0.2, 0.25) is 0 Å². The summed E-state index contributed by atoms with van der Waals surface area (Å²) < 4.78 is 11.5. The smallest absolute Gasteiger partial charge is 0.111 e. The summed E-state index contributed by atoms with van der Waals surface area (Å²) in [6.07, 6.45) is 5.34. The van der Waals surface area contributed by atoms with E-state index in [0.29, 0.717) is 6.10 Å². The zero-order valence-corrected chi connectivity index (χ0v) is 9.21. The lowest BCUT2D eigenvalue weighted by Crippen LogP contribution is -2.31. The van der Waals surface area contributed by atoms with Crippen LogP contribution < -0.4 is 5.32 Å². The van der Waals surface area contributed by atoms with Gasteiger partial charge in [0.2, 0.25) is 0 Å². The Morgan fingerprint density at radius 3 is 2.79 bits per heavy atom. The minimum absolute atomic E-state index is 0.000661. The predicted octanol–water partition coefficient (Wildman–Crippen LogP) is 1.67. The Kier molecular flexibility index (Phi) is 3.10. The van der Waals surface area contributed by atoms with Crippen molar-refractivity contribution in [3.63, 3.8) is 0 Å². The first-order valence-corrected chi connectivity index (χ1v) is 5.68. The van der Waals surface area contributed by atoms with E-state index in [4.69, 9.17) is 9.47 Å². The van der Waals surface area contributed by atoms with Crippen LogP contribution in [0.4, 0.5) is 0 Å². The van der Waals surface area contributed by atoms with Crippen LogP contribution >= 0.6 is 0 Å². The maximum Gasteiger partial charge on any atom is 0.111 e. The molecule has 82 valence electrons. The van der Waals surface area contributed by atoms with Gasteiger partial charge < -0.3 is 9.47 Å². The second-order valence-corrected chi connectivity index (χ2v) is 4.97. The van der Waals surface area contributed by atoms with Crippen LogP contribution in [0.15, 0.2) is 0 Å². The lowest BCUT2D eigenvalue weighted by Gasteiger charge is -2.25. The van der Waals surface area contributed by atoms with Crippen LogP contribution in [0.1, 0.15) is 39.5 Å². The average Bonchev–Trinajstić information content (AvgIpc) is 2.47. The molecule has 2 unspecified atom stereocenters. The van der Waals surface area contributed by atoms with Crippen LogP contribution in [0, 0.1) is 0 Å². The molecule has 2 fully saturated rings. The Labute approximate surface area is 86.2 Å². The number of hydrogen-bond donors (Lipinski definition) is 1. The van der Waals surface area contributed by atoms with Crippen molar-refractivity contribution >= 4 is 0 Å². The minimum Gasteiger partial charge on any atom is -0.378 e. The molecule has 2 saturated heterocycles. The molecule has 0 saturated carbocycles. The van der Waals surface area contributed by atoms with E-state index in [0.717, 1.165) is 19.6 Å². The molecule has 2 aliphatic heterocycles. The molecule has 14 heavy (non-hydrogen) atoms. The number of ether oxygens (including phenoxy) is 2. The summed E-state index contributed by atoms with van der Waals surface area (Å²) in [5.74, 6) is 0. The van der Waals surface area contributed by atoms with Crippen LogP contribution in [-0.4, -0.2) is 31.1 Å². The maximum atomic E-state index is 5.86. The van der Waals surface area contributed by atoms with Gasteiger partial charge in [0, 0.05) is 19.6 Å². The molecule has 0 aromatic carbocycles. The van der Waals surface area contributed by atoms with Crippen molar-refractivity contribution in [3.8, 4) is 0 Å². The fraction of sp³-hybridized carbons (Fsp3) is 1.00. The van der Waals surface area contributed by atoms with Crippen molar-refractivity contribution in [1.82, 2.24) is 5.32 Å². The van der Waals surface area contributed by atoms with Crippen molar-refractivity contribution in [2.75, 3.05) is 13.2 Å². The SMILES string of the molecule is CC1(C)CNC(CC2CCCCO2)O1. The summed E-state index contributed by atoms with van der Waals surface area (Å²) in [5, 5.41) is 3.39. The number of nitrogens with one attached hydrogen (secondary N) is 1. The fourth-order valence-electron chi connectivity index (χ4n) is 2.19. The summed E-state index contributed by atoms with van der Waals surface area (Å²) in [6.45, 7) is 6.13. The molecule has 0 radical (unpaired) electrons. The normalized spacial score (nSPS) is 37.3. The van der Waals surface area contributed by atoms with E-state index in [1.54, 1.807) is 0 Å². The van der Waals surface area contributed by atoms with Gasteiger partial charge in [-0.25, -0.2) is 0 Å². The highest BCUT2D eigenvalue weighted by Gasteiger charge is 2.32. The monoisotopic (exact) mass is 199 g/mol. The summed E-state index contributed by atoms with van der Waals surface area (Å²) >= 11 is 0. The van der Waals surface area contributed by atoms with Crippen LogP contribution in [0.5, 0.6) is 0 Å². The molecule has 3 heteroatoms. The highest BCUT2D eigenvalue weighted by molar-refractivity contribution is 4.83. The third-order valence-corrected chi connectivity index (χ3v) is 2.97. The van der Waals surface area contributed by atoms with E-state index in [1.165, 1.54) is 19.3 Å². The second kappa shape index (κ2) is 4.17. The van der Waals surface area contributed by atoms with Gasteiger partial charge in [-0.1, -0.05) is 0 Å². The van der Waals surface area contributed by atoms with Gasteiger partial charge in [0.15, 0.2) is 0 Å². The third kappa shape index (κ3) is 2.69. The van der Waals surface area contributed by atoms with Crippen molar-refractivity contribution in [2.24, 2.45) is 0 Å². The highest BCUT2D eigenvalue weighted by atomic mass is 16.5. The van der Waals surface area contributed by atoms with Gasteiger partial charge in [-0.15, -0.1) is 0 Å². The van der Waals surface area contributed by atoms with E-state index in [1.807, 2.05) is 0 Å². The van der Waals surface area contributed by atoms with Crippen LogP contribution in [0.25, 0.3) is 0 Å². The van der Waals surface area contributed by atoms with Crippen molar-refractivity contribution in [3.05, 3.63) is 0 Å². The molecular weight excluding hydrogens is 178 g/mol. The van der Waals surface area contributed by atoms with Crippen LogP contribution in [0.3, 0.4) is 0 Å². The molecule has 0 aromatic rings. The van der Waals surface area contributed by atoms with Crippen LogP contribution in [-0.2, 0) is 9.47 Å². The van der Waals surface area contributed by atoms with E-state index in [9.17, 15) is 0 Å². The molecule has 2 aliphatic rings. The fourth-order valence-corrected chi connectivity index (χ4v) is 2.19. The first-order chi connectivity index (χ1) is 6.66. The molecule has 0 aliphatic carbocycles.